The van der Waals surface area contributed by atoms with Gasteiger partial charge in [-0.05, 0) is 42.1 Å². The molecule has 1 aliphatic heterocycles. The van der Waals surface area contributed by atoms with Crippen LogP contribution in [-0.4, -0.2) is 67.1 Å². The first-order chi connectivity index (χ1) is 11.7. The molecule has 7 nitrogen and oxygen atoms in total. The smallest absolute Gasteiger partial charge is 0.0385 e. The van der Waals surface area contributed by atoms with Crippen LogP contribution in [0.15, 0.2) is 29.8 Å². The maximum absolute atomic E-state index is 8.30. The Balaban J connectivity index is 1.64. The lowest BCUT2D eigenvalue weighted by Gasteiger charge is -2.34. The predicted molar refractivity (Wildman–Crippen MR) is 97.5 cm³/mol. The van der Waals surface area contributed by atoms with Gasteiger partial charge in [-0.3, -0.25) is 9.88 Å². The molecule has 2 heterocycles. The van der Waals surface area contributed by atoms with Crippen molar-refractivity contribution in [3.63, 3.8) is 0 Å². The average Bonchev–Trinajstić information content (AvgIpc) is 2.60. The Morgan fingerprint density at radius 1 is 1.29 bits per heavy atom. The van der Waals surface area contributed by atoms with Crippen LogP contribution in [0.25, 0.3) is 16.0 Å². The number of pyridine rings is 1. The van der Waals surface area contributed by atoms with Crippen molar-refractivity contribution in [3.05, 3.63) is 46.2 Å². The summed E-state index contributed by atoms with van der Waals surface area (Å²) in [5.74, 6) is 0. The first-order valence-electron chi connectivity index (χ1n) is 8.47. The van der Waals surface area contributed by atoms with Crippen LogP contribution in [0.4, 0.5) is 0 Å². The van der Waals surface area contributed by atoms with Crippen LogP contribution in [0.3, 0.4) is 0 Å². The number of hydrogen-bond donors (Lipinski definition) is 1. The van der Waals surface area contributed by atoms with Crippen LogP contribution in [0.5, 0.6) is 0 Å². The Morgan fingerprint density at radius 2 is 2.00 bits per heavy atom. The molecule has 0 aromatic carbocycles. The van der Waals surface area contributed by atoms with E-state index in [1.54, 1.807) is 0 Å². The van der Waals surface area contributed by atoms with Crippen LogP contribution in [0, 0.1) is 6.92 Å². The fourth-order valence-electron chi connectivity index (χ4n) is 2.77. The van der Waals surface area contributed by atoms with E-state index in [2.05, 4.69) is 56.2 Å². The molecule has 130 valence electrons. The first kappa shape index (κ1) is 18.3. The molecule has 1 aromatic rings. The molecule has 1 saturated heterocycles. The molecule has 1 fully saturated rings. The van der Waals surface area contributed by atoms with Gasteiger partial charge in [0.25, 0.3) is 0 Å². The summed E-state index contributed by atoms with van der Waals surface area (Å²) >= 11 is 0. The van der Waals surface area contributed by atoms with Gasteiger partial charge in [0.2, 0.25) is 0 Å². The minimum Gasteiger partial charge on any atom is -0.389 e. The number of nitrogens with zero attached hydrogens (tertiary/aromatic N) is 6. The third-order valence-corrected chi connectivity index (χ3v) is 4.27. The van der Waals surface area contributed by atoms with E-state index in [9.17, 15) is 0 Å². The molecule has 0 amide bonds. The van der Waals surface area contributed by atoms with Crippen molar-refractivity contribution in [1.82, 2.24) is 20.1 Å². The Hall–Kier alpha value is -2.08. The van der Waals surface area contributed by atoms with E-state index >= 15 is 0 Å². The monoisotopic (exact) mass is 329 g/mol. The van der Waals surface area contributed by atoms with Crippen molar-refractivity contribution in [2.24, 2.45) is 5.11 Å². The largest absolute Gasteiger partial charge is 0.389 e. The number of hydrogen-bond acceptors (Lipinski definition) is 5. The second-order valence-corrected chi connectivity index (χ2v) is 6.17. The van der Waals surface area contributed by atoms with Gasteiger partial charge < -0.3 is 10.2 Å². The van der Waals surface area contributed by atoms with Crippen molar-refractivity contribution in [2.75, 3.05) is 52.4 Å². The molecule has 0 saturated carbocycles. The Kier molecular flexibility index (Phi) is 7.55. The van der Waals surface area contributed by atoms with Crippen molar-refractivity contribution >= 4 is 5.57 Å². The first-order valence-corrected chi connectivity index (χ1v) is 8.47. The SMILES string of the molecule is C/C(=C\NCCN1CCN(CCN=[N+]=[N-])CC1)c1cncc(C)c1. The summed E-state index contributed by atoms with van der Waals surface area (Å²) < 4.78 is 0. The van der Waals surface area contributed by atoms with Crippen molar-refractivity contribution in [2.45, 2.75) is 13.8 Å². The number of aryl methyl sites for hydroxylation is 1. The molecule has 1 aromatic heterocycles. The summed E-state index contributed by atoms with van der Waals surface area (Å²) in [6.07, 6.45) is 5.85. The van der Waals surface area contributed by atoms with Gasteiger partial charge >= 0.3 is 0 Å². The van der Waals surface area contributed by atoms with E-state index in [0.29, 0.717) is 6.54 Å². The standard InChI is InChI=1S/C17H27N7/c1-15-11-17(14-20-12-15)16(2)13-19-3-5-23-7-9-24(10-8-23)6-4-21-22-18/h11-14,19H,3-10H2,1-2H3/b16-13+. The summed E-state index contributed by atoms with van der Waals surface area (Å²) in [7, 11) is 0. The number of azide groups is 1. The van der Waals surface area contributed by atoms with Crippen LogP contribution >= 0.6 is 0 Å². The zero-order chi connectivity index (χ0) is 17.2. The summed E-state index contributed by atoms with van der Waals surface area (Å²) in [6.45, 7) is 11.8. The summed E-state index contributed by atoms with van der Waals surface area (Å²) in [4.78, 5) is 11.9. The fourth-order valence-corrected chi connectivity index (χ4v) is 2.77. The molecule has 0 atom stereocenters. The van der Waals surface area contributed by atoms with Gasteiger partial charge in [-0.1, -0.05) is 5.11 Å². The van der Waals surface area contributed by atoms with Gasteiger partial charge in [-0.2, -0.15) is 0 Å². The van der Waals surface area contributed by atoms with E-state index in [-0.39, 0.29) is 0 Å². The molecular formula is C17H27N7. The molecule has 24 heavy (non-hydrogen) atoms. The third kappa shape index (κ3) is 6.20. The quantitative estimate of drug-likeness (QED) is 0.343. The number of rotatable bonds is 8. The number of aromatic nitrogens is 1. The highest BCUT2D eigenvalue weighted by Crippen LogP contribution is 2.12. The van der Waals surface area contributed by atoms with Crippen molar-refractivity contribution in [3.8, 4) is 0 Å². The maximum Gasteiger partial charge on any atom is 0.0385 e. The maximum atomic E-state index is 8.30. The lowest BCUT2D eigenvalue weighted by atomic mass is 10.1. The number of piperazine rings is 1. The highest BCUT2D eigenvalue weighted by atomic mass is 15.3. The van der Waals surface area contributed by atoms with E-state index in [1.165, 1.54) is 11.1 Å². The van der Waals surface area contributed by atoms with Gasteiger partial charge in [-0.25, -0.2) is 0 Å². The van der Waals surface area contributed by atoms with Gasteiger partial charge in [0.1, 0.15) is 0 Å². The fraction of sp³-hybridized carbons (Fsp3) is 0.588. The molecule has 7 heteroatoms. The molecule has 1 N–H and O–H groups in total. The zero-order valence-corrected chi connectivity index (χ0v) is 14.6. The summed E-state index contributed by atoms with van der Waals surface area (Å²) in [6, 6.07) is 2.15. The zero-order valence-electron chi connectivity index (χ0n) is 14.6. The van der Waals surface area contributed by atoms with Gasteiger partial charge in [0, 0.05) is 75.9 Å². The number of nitrogens with one attached hydrogen (secondary N) is 1. The van der Waals surface area contributed by atoms with Gasteiger partial charge in [-0.15, -0.1) is 0 Å². The van der Waals surface area contributed by atoms with E-state index in [1.807, 2.05) is 12.4 Å². The Labute approximate surface area is 144 Å². The highest BCUT2D eigenvalue weighted by molar-refractivity contribution is 5.62. The molecule has 0 spiro atoms. The Morgan fingerprint density at radius 3 is 2.67 bits per heavy atom. The third-order valence-electron chi connectivity index (χ3n) is 4.27. The minimum atomic E-state index is 0.565. The second-order valence-electron chi connectivity index (χ2n) is 6.17. The minimum absolute atomic E-state index is 0.565. The predicted octanol–water partition coefficient (Wildman–Crippen LogP) is 2.27. The number of allylic oxidation sites excluding steroid dienone is 1. The normalized spacial score (nSPS) is 16.7. The van der Waals surface area contributed by atoms with Crippen LogP contribution in [0.2, 0.25) is 0 Å². The van der Waals surface area contributed by atoms with E-state index < -0.39 is 0 Å². The lowest BCUT2D eigenvalue weighted by Crippen LogP contribution is -2.48. The van der Waals surface area contributed by atoms with Gasteiger partial charge in [0.05, 0.1) is 0 Å². The molecular weight excluding hydrogens is 302 g/mol. The van der Waals surface area contributed by atoms with Crippen molar-refractivity contribution < 1.29 is 0 Å². The molecule has 1 aliphatic rings. The molecule has 2 rings (SSSR count). The second kappa shape index (κ2) is 9.93. The van der Waals surface area contributed by atoms with E-state index in [0.717, 1.165) is 51.4 Å². The average molecular weight is 329 g/mol. The van der Waals surface area contributed by atoms with Crippen LogP contribution in [0.1, 0.15) is 18.1 Å². The highest BCUT2D eigenvalue weighted by Gasteiger charge is 2.15. The van der Waals surface area contributed by atoms with Crippen molar-refractivity contribution in [1.29, 1.82) is 0 Å². The molecule has 0 bridgehead atoms. The lowest BCUT2D eigenvalue weighted by molar-refractivity contribution is 0.136. The topological polar surface area (TPSA) is 80.2 Å². The summed E-state index contributed by atoms with van der Waals surface area (Å²) in [5, 5.41) is 7.00. The molecule has 0 aliphatic carbocycles. The summed E-state index contributed by atoms with van der Waals surface area (Å²) in [5.41, 5.74) is 11.8. The van der Waals surface area contributed by atoms with Gasteiger partial charge in [0.15, 0.2) is 0 Å². The van der Waals surface area contributed by atoms with Crippen LogP contribution in [-0.2, 0) is 0 Å². The molecule has 0 unspecified atom stereocenters. The molecule has 0 radical (unpaired) electrons. The Bertz CT molecular complexity index is 584. The van der Waals surface area contributed by atoms with E-state index in [4.69, 9.17) is 5.53 Å². The van der Waals surface area contributed by atoms with Crippen LogP contribution < -0.4 is 5.32 Å².